The molecule has 1 unspecified atom stereocenters. The summed E-state index contributed by atoms with van der Waals surface area (Å²) in [5, 5.41) is 3.83. The molecule has 0 aliphatic carbocycles. The summed E-state index contributed by atoms with van der Waals surface area (Å²) in [5.41, 5.74) is 0.667. The van der Waals surface area contributed by atoms with E-state index >= 15 is 0 Å². The van der Waals surface area contributed by atoms with Gasteiger partial charge in [0.25, 0.3) is 10.0 Å². The van der Waals surface area contributed by atoms with Crippen LogP contribution < -0.4 is 14.4 Å². The Bertz CT molecular complexity index is 1460. The second-order valence-corrected chi connectivity index (χ2v) is 13.0. The fraction of sp³-hybridized carbons (Fsp3) is 0.333. The predicted molar refractivity (Wildman–Crippen MR) is 168 cm³/mol. The van der Waals surface area contributed by atoms with E-state index in [2.05, 4.69) is 5.32 Å². The van der Waals surface area contributed by atoms with Gasteiger partial charge in [-0.2, -0.15) is 0 Å². The molecule has 0 heterocycles. The summed E-state index contributed by atoms with van der Waals surface area (Å²) in [5.74, 6) is -0.303. The zero-order chi connectivity index (χ0) is 31.0. The number of ether oxygens (including phenoxy) is 1. The van der Waals surface area contributed by atoms with Crippen molar-refractivity contribution < 1.29 is 22.7 Å². The first-order valence-electron chi connectivity index (χ1n) is 13.4. The number of anilines is 1. The van der Waals surface area contributed by atoms with Crippen molar-refractivity contribution in [3.8, 4) is 5.75 Å². The molecular formula is C30H34Cl3N3O5S. The Kier molecular flexibility index (Phi) is 11.9. The highest BCUT2D eigenvalue weighted by molar-refractivity contribution is 7.92. The lowest BCUT2D eigenvalue weighted by molar-refractivity contribution is -0.139. The molecule has 3 aromatic carbocycles. The fourth-order valence-electron chi connectivity index (χ4n) is 4.03. The van der Waals surface area contributed by atoms with E-state index in [1.54, 1.807) is 49.4 Å². The standard InChI is InChI=1S/C30H34Cl3N3O5S/c1-5-41-24-13-11-23(12-14-24)36(42(39,40)25-15-9-22(31)10-16-25)19-29(37)35(21(4)30(38)34-17-20(2)3)18-26-27(32)7-6-8-28(26)33/h6-16,20-21H,5,17-19H2,1-4H3,(H,34,38). The van der Waals surface area contributed by atoms with Crippen LogP contribution in [-0.2, 0) is 26.2 Å². The minimum atomic E-state index is -4.25. The van der Waals surface area contributed by atoms with Gasteiger partial charge in [-0.3, -0.25) is 13.9 Å². The topological polar surface area (TPSA) is 96.0 Å². The van der Waals surface area contributed by atoms with Crippen LogP contribution in [0.1, 0.15) is 33.3 Å². The summed E-state index contributed by atoms with van der Waals surface area (Å²) < 4.78 is 34.3. The molecule has 1 atom stereocenters. The van der Waals surface area contributed by atoms with Crippen molar-refractivity contribution in [2.24, 2.45) is 5.92 Å². The number of hydrogen-bond acceptors (Lipinski definition) is 5. The van der Waals surface area contributed by atoms with Crippen LogP contribution in [0.25, 0.3) is 0 Å². The number of benzene rings is 3. The van der Waals surface area contributed by atoms with Gasteiger partial charge in [-0.1, -0.05) is 54.7 Å². The van der Waals surface area contributed by atoms with Gasteiger partial charge >= 0.3 is 0 Å². The van der Waals surface area contributed by atoms with E-state index in [0.717, 1.165) is 4.31 Å². The Labute approximate surface area is 262 Å². The average molecular weight is 655 g/mol. The Morgan fingerprint density at radius 3 is 2.05 bits per heavy atom. The molecule has 0 aliphatic rings. The van der Waals surface area contributed by atoms with Crippen molar-refractivity contribution in [3.63, 3.8) is 0 Å². The number of sulfonamides is 1. The molecule has 0 saturated heterocycles. The number of carbonyl (C=O) groups is 2. The highest BCUT2D eigenvalue weighted by atomic mass is 35.5. The van der Waals surface area contributed by atoms with E-state index in [0.29, 0.717) is 39.5 Å². The molecule has 0 bridgehead atoms. The summed E-state index contributed by atoms with van der Waals surface area (Å²) in [6.45, 7) is 7.42. The molecule has 0 spiro atoms. The second-order valence-electron chi connectivity index (χ2n) is 9.93. The number of amides is 2. The molecule has 0 aromatic heterocycles. The van der Waals surface area contributed by atoms with E-state index in [9.17, 15) is 18.0 Å². The van der Waals surface area contributed by atoms with Gasteiger partial charge in [0.05, 0.1) is 17.2 Å². The van der Waals surface area contributed by atoms with Gasteiger partial charge in [-0.05, 0) is 80.4 Å². The maximum atomic E-state index is 14.0. The number of nitrogens with one attached hydrogen (secondary N) is 1. The first-order chi connectivity index (χ1) is 19.8. The second kappa shape index (κ2) is 15.0. The van der Waals surface area contributed by atoms with Gasteiger partial charge in [-0.15, -0.1) is 0 Å². The molecule has 0 fully saturated rings. The molecular weight excluding hydrogens is 621 g/mol. The lowest BCUT2D eigenvalue weighted by Crippen LogP contribution is -2.51. The van der Waals surface area contributed by atoms with Crippen LogP contribution >= 0.6 is 34.8 Å². The number of hydrogen-bond donors (Lipinski definition) is 1. The van der Waals surface area contributed by atoms with Gasteiger partial charge in [0.1, 0.15) is 18.3 Å². The number of nitrogens with zero attached hydrogens (tertiary/aromatic N) is 2. The smallest absolute Gasteiger partial charge is 0.264 e. The predicted octanol–water partition coefficient (Wildman–Crippen LogP) is 6.43. The van der Waals surface area contributed by atoms with Crippen molar-refractivity contribution in [2.45, 2.75) is 45.2 Å². The Morgan fingerprint density at radius 1 is 0.905 bits per heavy atom. The van der Waals surface area contributed by atoms with Crippen molar-refractivity contribution in [2.75, 3.05) is 24.0 Å². The monoisotopic (exact) mass is 653 g/mol. The number of rotatable bonds is 13. The highest BCUT2D eigenvalue weighted by Gasteiger charge is 2.33. The molecule has 0 saturated carbocycles. The highest BCUT2D eigenvalue weighted by Crippen LogP contribution is 2.29. The SMILES string of the molecule is CCOc1ccc(N(CC(=O)N(Cc2c(Cl)cccc2Cl)C(C)C(=O)NCC(C)C)S(=O)(=O)c2ccc(Cl)cc2)cc1. The minimum absolute atomic E-state index is 0.0583. The average Bonchev–Trinajstić information content (AvgIpc) is 2.95. The Balaban J connectivity index is 2.05. The van der Waals surface area contributed by atoms with E-state index < -0.39 is 34.4 Å². The van der Waals surface area contributed by atoms with Crippen LogP contribution in [0.3, 0.4) is 0 Å². The number of halogens is 3. The van der Waals surface area contributed by atoms with Crippen LogP contribution in [0.4, 0.5) is 5.69 Å². The van der Waals surface area contributed by atoms with Crippen LogP contribution in [-0.4, -0.2) is 50.9 Å². The van der Waals surface area contributed by atoms with Crippen molar-refractivity contribution in [3.05, 3.63) is 87.4 Å². The molecule has 3 aromatic rings. The third-order valence-electron chi connectivity index (χ3n) is 6.36. The zero-order valence-electron chi connectivity index (χ0n) is 23.8. The van der Waals surface area contributed by atoms with Crippen molar-refractivity contribution in [1.82, 2.24) is 10.2 Å². The maximum absolute atomic E-state index is 14.0. The molecule has 12 heteroatoms. The summed E-state index contributed by atoms with van der Waals surface area (Å²) in [4.78, 5) is 28.4. The lowest BCUT2D eigenvalue weighted by Gasteiger charge is -2.32. The van der Waals surface area contributed by atoms with Gasteiger partial charge in [0.15, 0.2) is 0 Å². The summed E-state index contributed by atoms with van der Waals surface area (Å²) >= 11 is 18.8. The Hall–Kier alpha value is -2.98. The van der Waals surface area contributed by atoms with Crippen LogP contribution in [0.2, 0.25) is 15.1 Å². The molecule has 3 rings (SSSR count). The molecule has 2 amide bonds. The van der Waals surface area contributed by atoms with Crippen LogP contribution in [0.15, 0.2) is 71.6 Å². The van der Waals surface area contributed by atoms with Gasteiger partial charge in [0, 0.05) is 33.7 Å². The van der Waals surface area contributed by atoms with E-state index in [1.807, 2.05) is 20.8 Å². The lowest BCUT2D eigenvalue weighted by atomic mass is 10.1. The third kappa shape index (κ3) is 8.53. The third-order valence-corrected chi connectivity index (χ3v) is 9.11. The number of carbonyl (C=O) groups excluding carboxylic acids is 2. The van der Waals surface area contributed by atoms with Gasteiger partial charge in [0.2, 0.25) is 11.8 Å². The first kappa shape index (κ1) is 33.5. The molecule has 0 radical (unpaired) electrons. The first-order valence-corrected chi connectivity index (χ1v) is 15.9. The largest absolute Gasteiger partial charge is 0.494 e. The summed E-state index contributed by atoms with van der Waals surface area (Å²) in [6.07, 6.45) is 0. The van der Waals surface area contributed by atoms with Crippen LogP contribution in [0.5, 0.6) is 5.75 Å². The zero-order valence-corrected chi connectivity index (χ0v) is 26.9. The maximum Gasteiger partial charge on any atom is 0.264 e. The molecule has 42 heavy (non-hydrogen) atoms. The summed E-state index contributed by atoms with van der Waals surface area (Å²) in [7, 11) is -4.25. The van der Waals surface area contributed by atoms with Crippen molar-refractivity contribution in [1.29, 1.82) is 0 Å². The fourth-order valence-corrected chi connectivity index (χ4v) is 6.08. The van der Waals surface area contributed by atoms with Crippen LogP contribution in [0, 0.1) is 5.92 Å². The normalized spacial score (nSPS) is 12.1. The van der Waals surface area contributed by atoms with Gasteiger partial charge in [-0.25, -0.2) is 8.42 Å². The van der Waals surface area contributed by atoms with E-state index in [1.165, 1.54) is 29.2 Å². The molecule has 226 valence electrons. The van der Waals surface area contributed by atoms with Crippen molar-refractivity contribution >= 4 is 62.3 Å². The van der Waals surface area contributed by atoms with E-state index in [4.69, 9.17) is 39.5 Å². The molecule has 1 N–H and O–H groups in total. The van der Waals surface area contributed by atoms with Gasteiger partial charge < -0.3 is 15.0 Å². The quantitative estimate of drug-likeness (QED) is 0.229. The summed E-state index contributed by atoms with van der Waals surface area (Å²) in [6, 6.07) is 16.0. The van der Waals surface area contributed by atoms with E-state index in [-0.39, 0.29) is 23.0 Å². The molecule has 0 aliphatic heterocycles. The Morgan fingerprint density at radius 2 is 1.50 bits per heavy atom. The minimum Gasteiger partial charge on any atom is -0.494 e. The molecule has 8 nitrogen and oxygen atoms in total.